The van der Waals surface area contributed by atoms with Gasteiger partial charge in [0.05, 0.1) is 11.6 Å². The highest BCUT2D eigenvalue weighted by atomic mass is 79.9. The standard InChI is InChI=1S/C19H22BrN5O2/c1-4-25-19(22-23-24-25)21-11-14-9-16(20)18(17(10-14)26-3)27-12-15-8-6-5-7-13(15)2/h5-10H,4,11-12H2,1-3H3,(H,21,22,24). The second kappa shape index (κ2) is 8.85. The van der Waals surface area contributed by atoms with Gasteiger partial charge in [-0.15, -0.1) is 0 Å². The van der Waals surface area contributed by atoms with E-state index < -0.39 is 0 Å². The third kappa shape index (κ3) is 4.57. The van der Waals surface area contributed by atoms with Crippen molar-refractivity contribution < 1.29 is 9.47 Å². The van der Waals surface area contributed by atoms with Crippen molar-refractivity contribution in [3.8, 4) is 11.5 Å². The van der Waals surface area contributed by atoms with E-state index in [1.807, 2.05) is 31.2 Å². The van der Waals surface area contributed by atoms with Crippen molar-refractivity contribution in [2.75, 3.05) is 12.4 Å². The molecule has 0 unspecified atom stereocenters. The highest BCUT2D eigenvalue weighted by Crippen LogP contribution is 2.37. The molecule has 0 amide bonds. The fourth-order valence-electron chi connectivity index (χ4n) is 2.66. The number of aromatic nitrogens is 4. The van der Waals surface area contributed by atoms with Gasteiger partial charge in [0.2, 0.25) is 5.95 Å². The molecule has 1 heterocycles. The summed E-state index contributed by atoms with van der Waals surface area (Å²) >= 11 is 3.60. The molecule has 0 aliphatic carbocycles. The Kier molecular flexibility index (Phi) is 6.28. The molecule has 0 fully saturated rings. The monoisotopic (exact) mass is 431 g/mol. The third-order valence-electron chi connectivity index (χ3n) is 4.20. The Balaban J connectivity index is 1.73. The number of hydrogen-bond acceptors (Lipinski definition) is 6. The van der Waals surface area contributed by atoms with E-state index in [1.165, 1.54) is 5.56 Å². The first-order valence-corrected chi connectivity index (χ1v) is 9.45. The summed E-state index contributed by atoms with van der Waals surface area (Å²) < 4.78 is 14.1. The molecule has 0 radical (unpaired) electrons. The topological polar surface area (TPSA) is 74.1 Å². The van der Waals surface area contributed by atoms with Crippen molar-refractivity contribution in [1.29, 1.82) is 0 Å². The van der Waals surface area contributed by atoms with Crippen LogP contribution in [0.5, 0.6) is 11.5 Å². The van der Waals surface area contributed by atoms with Crippen molar-refractivity contribution >= 4 is 21.9 Å². The maximum absolute atomic E-state index is 6.04. The largest absolute Gasteiger partial charge is 0.493 e. The Labute approximate surface area is 166 Å². The summed E-state index contributed by atoms with van der Waals surface area (Å²) in [5.41, 5.74) is 3.36. The molecule has 3 aromatic rings. The lowest BCUT2D eigenvalue weighted by Crippen LogP contribution is -2.08. The molecule has 1 aromatic heterocycles. The maximum atomic E-state index is 6.04. The average Bonchev–Trinajstić information content (AvgIpc) is 3.14. The van der Waals surface area contributed by atoms with Gasteiger partial charge < -0.3 is 14.8 Å². The molecule has 0 aliphatic rings. The highest BCUT2D eigenvalue weighted by Gasteiger charge is 2.13. The van der Waals surface area contributed by atoms with Crippen LogP contribution in [0.15, 0.2) is 40.9 Å². The first kappa shape index (κ1) is 19.2. The van der Waals surface area contributed by atoms with Crippen molar-refractivity contribution in [3.05, 3.63) is 57.6 Å². The molecule has 0 spiro atoms. The van der Waals surface area contributed by atoms with Crippen molar-refractivity contribution in [2.24, 2.45) is 0 Å². The number of hydrogen-bond donors (Lipinski definition) is 1. The Morgan fingerprint density at radius 2 is 2.04 bits per heavy atom. The number of aryl methyl sites for hydroxylation is 2. The van der Waals surface area contributed by atoms with E-state index in [9.17, 15) is 0 Å². The van der Waals surface area contributed by atoms with E-state index in [-0.39, 0.29) is 0 Å². The zero-order valence-electron chi connectivity index (χ0n) is 15.6. The van der Waals surface area contributed by atoms with Gasteiger partial charge in [-0.2, -0.15) is 0 Å². The van der Waals surface area contributed by atoms with Gasteiger partial charge in [0.1, 0.15) is 6.61 Å². The van der Waals surface area contributed by atoms with Gasteiger partial charge in [-0.05, 0) is 69.0 Å². The molecule has 8 heteroatoms. The van der Waals surface area contributed by atoms with Gasteiger partial charge in [-0.25, -0.2) is 4.68 Å². The summed E-state index contributed by atoms with van der Waals surface area (Å²) in [6, 6.07) is 12.1. The van der Waals surface area contributed by atoms with E-state index in [4.69, 9.17) is 9.47 Å². The number of methoxy groups -OCH3 is 1. The minimum Gasteiger partial charge on any atom is -0.493 e. The van der Waals surface area contributed by atoms with Crippen LogP contribution in [0.3, 0.4) is 0 Å². The van der Waals surface area contributed by atoms with Crippen LogP contribution in [0.25, 0.3) is 0 Å². The lowest BCUT2D eigenvalue weighted by molar-refractivity contribution is 0.282. The molecule has 27 heavy (non-hydrogen) atoms. The molecule has 142 valence electrons. The highest BCUT2D eigenvalue weighted by molar-refractivity contribution is 9.10. The molecule has 0 saturated heterocycles. The summed E-state index contributed by atoms with van der Waals surface area (Å²) in [5, 5.41) is 14.8. The summed E-state index contributed by atoms with van der Waals surface area (Å²) in [6.45, 7) is 5.80. The predicted molar refractivity (Wildman–Crippen MR) is 107 cm³/mol. The van der Waals surface area contributed by atoms with Crippen LogP contribution in [0, 0.1) is 6.92 Å². The SMILES string of the molecule is CCn1nnnc1NCc1cc(Br)c(OCc2ccccc2C)c(OC)c1. The predicted octanol–water partition coefficient (Wildman–Crippen LogP) is 3.96. The van der Waals surface area contributed by atoms with E-state index in [2.05, 4.69) is 55.8 Å². The number of ether oxygens (including phenoxy) is 2. The summed E-state index contributed by atoms with van der Waals surface area (Å²) in [4.78, 5) is 0. The normalized spacial score (nSPS) is 10.7. The molecule has 1 N–H and O–H groups in total. The average molecular weight is 432 g/mol. The van der Waals surface area contributed by atoms with Crippen LogP contribution in [-0.4, -0.2) is 27.3 Å². The molecule has 0 aliphatic heterocycles. The zero-order chi connectivity index (χ0) is 19.2. The van der Waals surface area contributed by atoms with Gasteiger partial charge in [-0.3, -0.25) is 0 Å². The van der Waals surface area contributed by atoms with Crippen LogP contribution < -0.4 is 14.8 Å². The third-order valence-corrected chi connectivity index (χ3v) is 4.79. The Morgan fingerprint density at radius 3 is 2.78 bits per heavy atom. The number of nitrogens with one attached hydrogen (secondary N) is 1. The minimum absolute atomic E-state index is 0.477. The zero-order valence-corrected chi connectivity index (χ0v) is 17.2. The van der Waals surface area contributed by atoms with E-state index >= 15 is 0 Å². The minimum atomic E-state index is 0.477. The maximum Gasteiger partial charge on any atom is 0.243 e. The number of anilines is 1. The summed E-state index contributed by atoms with van der Waals surface area (Å²) in [5.74, 6) is 1.99. The number of benzene rings is 2. The van der Waals surface area contributed by atoms with Crippen molar-refractivity contribution in [2.45, 2.75) is 33.5 Å². The second-order valence-corrected chi connectivity index (χ2v) is 6.85. The molecular formula is C19H22BrN5O2. The van der Waals surface area contributed by atoms with Crippen LogP contribution in [0.2, 0.25) is 0 Å². The number of halogens is 1. The second-order valence-electron chi connectivity index (χ2n) is 6.00. The number of tetrazole rings is 1. The van der Waals surface area contributed by atoms with Gasteiger partial charge in [0.15, 0.2) is 11.5 Å². The van der Waals surface area contributed by atoms with E-state index in [0.717, 1.165) is 15.6 Å². The van der Waals surface area contributed by atoms with Crippen LogP contribution in [0.1, 0.15) is 23.6 Å². The van der Waals surface area contributed by atoms with Gasteiger partial charge in [0.25, 0.3) is 0 Å². The molecule has 2 aromatic carbocycles. The lowest BCUT2D eigenvalue weighted by atomic mass is 10.1. The number of rotatable bonds is 8. The van der Waals surface area contributed by atoms with Crippen molar-refractivity contribution in [3.63, 3.8) is 0 Å². The quantitative estimate of drug-likeness (QED) is 0.581. The summed E-state index contributed by atoms with van der Waals surface area (Å²) in [6.07, 6.45) is 0. The first-order valence-electron chi connectivity index (χ1n) is 8.66. The molecular weight excluding hydrogens is 410 g/mol. The van der Waals surface area contributed by atoms with Crippen molar-refractivity contribution in [1.82, 2.24) is 20.2 Å². The first-order chi connectivity index (χ1) is 13.1. The lowest BCUT2D eigenvalue weighted by Gasteiger charge is -2.15. The fraction of sp³-hybridized carbons (Fsp3) is 0.316. The molecule has 0 atom stereocenters. The molecule has 0 bridgehead atoms. The Hall–Kier alpha value is -2.61. The van der Waals surface area contributed by atoms with E-state index in [0.29, 0.717) is 37.1 Å². The smallest absolute Gasteiger partial charge is 0.243 e. The number of nitrogens with zero attached hydrogens (tertiary/aromatic N) is 4. The fourth-order valence-corrected chi connectivity index (χ4v) is 3.27. The molecule has 7 nitrogen and oxygen atoms in total. The summed E-state index contributed by atoms with van der Waals surface area (Å²) in [7, 11) is 1.64. The Morgan fingerprint density at radius 1 is 1.22 bits per heavy atom. The van der Waals surface area contributed by atoms with Crippen LogP contribution >= 0.6 is 15.9 Å². The van der Waals surface area contributed by atoms with Crippen LogP contribution in [0.4, 0.5) is 5.95 Å². The van der Waals surface area contributed by atoms with Gasteiger partial charge in [0, 0.05) is 13.1 Å². The molecule has 3 rings (SSSR count). The van der Waals surface area contributed by atoms with Gasteiger partial charge >= 0.3 is 0 Å². The van der Waals surface area contributed by atoms with Crippen LogP contribution in [-0.2, 0) is 19.7 Å². The molecule has 0 saturated carbocycles. The Bertz CT molecular complexity index is 913. The van der Waals surface area contributed by atoms with E-state index in [1.54, 1.807) is 11.8 Å². The van der Waals surface area contributed by atoms with Gasteiger partial charge in [-0.1, -0.05) is 29.4 Å².